The molecule has 2 aromatic carbocycles. The van der Waals surface area contributed by atoms with Crippen molar-refractivity contribution in [2.24, 2.45) is 0 Å². The van der Waals surface area contributed by atoms with Crippen LogP contribution in [0.2, 0.25) is 10.0 Å². The molecule has 0 unspecified atom stereocenters. The van der Waals surface area contributed by atoms with Gasteiger partial charge in [-0.1, -0.05) is 48.0 Å². The Labute approximate surface area is 200 Å². The second kappa shape index (κ2) is 9.90. The van der Waals surface area contributed by atoms with Crippen molar-refractivity contribution in [3.63, 3.8) is 0 Å². The topological polar surface area (TPSA) is 56.1 Å². The van der Waals surface area contributed by atoms with Crippen LogP contribution in [0.3, 0.4) is 0 Å². The van der Waals surface area contributed by atoms with Crippen LogP contribution in [0.4, 0.5) is 4.39 Å². The lowest BCUT2D eigenvalue weighted by molar-refractivity contribution is 0.0944. The molecular weight excluding hydrogens is 464 g/mol. The fourth-order valence-electron chi connectivity index (χ4n) is 3.12. The van der Waals surface area contributed by atoms with Gasteiger partial charge in [0.15, 0.2) is 5.82 Å². The third-order valence-corrected chi connectivity index (χ3v) is 5.24. The van der Waals surface area contributed by atoms with Gasteiger partial charge in [-0.3, -0.25) is 9.36 Å². The smallest absolute Gasteiger partial charge is 0.268 e. The average Bonchev–Trinajstić information content (AvgIpc) is 3.24. The van der Waals surface area contributed by atoms with Gasteiger partial charge in [-0.25, -0.2) is 9.37 Å². The highest BCUT2D eigenvalue weighted by Crippen LogP contribution is 2.25. The summed E-state index contributed by atoms with van der Waals surface area (Å²) < 4.78 is 20.3. The van der Waals surface area contributed by atoms with E-state index < -0.39 is 0 Å². The molecule has 4 rings (SSSR count). The second-order valence-corrected chi connectivity index (χ2v) is 7.92. The Morgan fingerprint density at radius 1 is 1.09 bits per heavy atom. The number of nitrogens with zero attached hydrogens (tertiary/aromatic N) is 2. The number of benzene rings is 2. The fraction of sp³-hybridized carbons (Fsp3) is 0.0400. The lowest BCUT2D eigenvalue weighted by Gasteiger charge is -2.11. The summed E-state index contributed by atoms with van der Waals surface area (Å²) in [7, 11) is 0. The number of hydrogen-bond acceptors (Lipinski definition) is 3. The van der Waals surface area contributed by atoms with E-state index in [4.69, 9.17) is 27.9 Å². The quantitative estimate of drug-likeness (QED) is 0.320. The van der Waals surface area contributed by atoms with Gasteiger partial charge in [-0.2, -0.15) is 0 Å². The van der Waals surface area contributed by atoms with Crippen molar-refractivity contribution in [2.45, 2.75) is 6.54 Å². The molecule has 1 amide bonds. The molecule has 0 fully saturated rings. The van der Waals surface area contributed by atoms with Gasteiger partial charge in [0.05, 0.1) is 10.0 Å². The summed E-state index contributed by atoms with van der Waals surface area (Å²) in [6, 6.07) is 16.3. The first-order valence-electron chi connectivity index (χ1n) is 9.90. The van der Waals surface area contributed by atoms with E-state index in [1.807, 2.05) is 12.1 Å². The molecule has 0 aliphatic heterocycles. The van der Waals surface area contributed by atoms with E-state index in [0.717, 1.165) is 11.1 Å². The maximum absolute atomic E-state index is 13.0. The molecule has 1 N–H and O–H groups in total. The van der Waals surface area contributed by atoms with Gasteiger partial charge in [0.25, 0.3) is 5.91 Å². The molecule has 0 radical (unpaired) electrons. The van der Waals surface area contributed by atoms with Crippen LogP contribution in [0.15, 0.2) is 79.6 Å². The van der Waals surface area contributed by atoms with Crippen molar-refractivity contribution in [1.82, 2.24) is 14.9 Å². The molecule has 2 aromatic heterocycles. The normalized spacial score (nSPS) is 10.6. The van der Waals surface area contributed by atoms with E-state index in [2.05, 4.69) is 16.9 Å². The number of aromatic nitrogens is 2. The van der Waals surface area contributed by atoms with E-state index >= 15 is 0 Å². The largest absolute Gasteiger partial charge is 0.457 e. The number of amides is 1. The summed E-state index contributed by atoms with van der Waals surface area (Å²) in [5, 5.41) is 3.62. The Balaban J connectivity index is 1.46. The first-order valence-corrected chi connectivity index (χ1v) is 10.7. The Kier molecular flexibility index (Phi) is 6.77. The molecule has 0 aliphatic carbocycles. The number of carbonyl (C=O) groups is 1. The Morgan fingerprint density at radius 2 is 1.76 bits per heavy atom. The molecule has 0 saturated heterocycles. The van der Waals surface area contributed by atoms with Crippen LogP contribution in [-0.4, -0.2) is 15.5 Å². The van der Waals surface area contributed by atoms with Gasteiger partial charge in [0, 0.05) is 18.9 Å². The molecule has 8 heteroatoms. The van der Waals surface area contributed by atoms with Crippen LogP contribution in [0.5, 0.6) is 11.5 Å². The SMILES string of the molecule is C=Cc1cc(C(=O)NCc2ccc(Oc3ccc(F)cc3)cc2)n(-c2ncc(Cl)cc2Cl)c1. The maximum atomic E-state index is 13.0. The van der Waals surface area contributed by atoms with Crippen molar-refractivity contribution in [3.8, 4) is 17.3 Å². The van der Waals surface area contributed by atoms with Gasteiger partial charge in [-0.15, -0.1) is 0 Å². The zero-order valence-corrected chi connectivity index (χ0v) is 18.8. The highest BCUT2D eigenvalue weighted by Gasteiger charge is 2.17. The number of ether oxygens (including phenoxy) is 1. The predicted molar refractivity (Wildman–Crippen MR) is 128 cm³/mol. The third-order valence-electron chi connectivity index (χ3n) is 4.75. The molecule has 0 aliphatic rings. The van der Waals surface area contributed by atoms with Gasteiger partial charge < -0.3 is 10.1 Å². The Morgan fingerprint density at radius 3 is 2.39 bits per heavy atom. The highest BCUT2D eigenvalue weighted by atomic mass is 35.5. The van der Waals surface area contributed by atoms with Gasteiger partial charge in [-0.05, 0) is 59.7 Å². The Hall–Kier alpha value is -3.61. The van der Waals surface area contributed by atoms with Crippen molar-refractivity contribution in [1.29, 1.82) is 0 Å². The summed E-state index contributed by atoms with van der Waals surface area (Å²) in [5.41, 5.74) is 1.98. The standard InChI is InChI=1S/C25H18Cl2FN3O2/c1-2-16-11-23(31(15-16)24-22(27)12-18(26)14-29-24)25(32)30-13-17-3-7-20(8-4-17)33-21-9-5-19(28)6-10-21/h2-12,14-15H,1,13H2,(H,30,32). The number of rotatable bonds is 7. The molecule has 0 bridgehead atoms. The van der Waals surface area contributed by atoms with Crippen molar-refractivity contribution in [2.75, 3.05) is 0 Å². The van der Waals surface area contributed by atoms with E-state index in [0.29, 0.717) is 39.6 Å². The number of hydrogen-bond donors (Lipinski definition) is 1. The number of nitrogens with one attached hydrogen (secondary N) is 1. The van der Waals surface area contributed by atoms with Crippen LogP contribution in [0, 0.1) is 5.82 Å². The van der Waals surface area contributed by atoms with Crippen LogP contribution < -0.4 is 10.1 Å². The average molecular weight is 482 g/mol. The zero-order valence-electron chi connectivity index (χ0n) is 17.3. The lowest BCUT2D eigenvalue weighted by Crippen LogP contribution is -2.25. The summed E-state index contributed by atoms with van der Waals surface area (Å²) in [4.78, 5) is 17.2. The van der Waals surface area contributed by atoms with Gasteiger partial charge in [0.1, 0.15) is 23.0 Å². The molecule has 0 atom stereocenters. The minimum absolute atomic E-state index is 0.298. The number of halogens is 3. The van der Waals surface area contributed by atoms with E-state index in [1.165, 1.54) is 18.3 Å². The minimum Gasteiger partial charge on any atom is -0.457 e. The van der Waals surface area contributed by atoms with Crippen molar-refractivity contribution < 1.29 is 13.9 Å². The fourth-order valence-corrected chi connectivity index (χ4v) is 3.59. The lowest BCUT2D eigenvalue weighted by atomic mass is 10.2. The molecule has 0 spiro atoms. The van der Waals surface area contributed by atoms with Gasteiger partial charge >= 0.3 is 0 Å². The molecular formula is C25H18Cl2FN3O2. The van der Waals surface area contributed by atoms with E-state index in [-0.39, 0.29) is 11.7 Å². The molecule has 0 saturated carbocycles. The third kappa shape index (κ3) is 5.42. The summed E-state index contributed by atoms with van der Waals surface area (Å²) in [6.07, 6.45) is 4.83. The molecule has 4 aromatic rings. The number of pyridine rings is 1. The predicted octanol–water partition coefficient (Wildman–Crippen LogP) is 6.68. The first kappa shape index (κ1) is 22.6. The van der Waals surface area contributed by atoms with Crippen molar-refractivity contribution in [3.05, 3.63) is 112 Å². The second-order valence-electron chi connectivity index (χ2n) is 7.07. The van der Waals surface area contributed by atoms with Crippen LogP contribution >= 0.6 is 23.2 Å². The monoisotopic (exact) mass is 481 g/mol. The maximum Gasteiger partial charge on any atom is 0.268 e. The van der Waals surface area contributed by atoms with Gasteiger partial charge in [0.2, 0.25) is 0 Å². The highest BCUT2D eigenvalue weighted by molar-refractivity contribution is 6.35. The van der Waals surface area contributed by atoms with Crippen LogP contribution in [0.25, 0.3) is 11.9 Å². The van der Waals surface area contributed by atoms with E-state index in [9.17, 15) is 9.18 Å². The number of carbonyl (C=O) groups excluding carboxylic acids is 1. The molecule has 2 heterocycles. The summed E-state index contributed by atoms with van der Waals surface area (Å²) >= 11 is 12.2. The van der Waals surface area contributed by atoms with Crippen LogP contribution in [-0.2, 0) is 6.54 Å². The van der Waals surface area contributed by atoms with E-state index in [1.54, 1.807) is 53.2 Å². The molecule has 5 nitrogen and oxygen atoms in total. The Bertz CT molecular complexity index is 1300. The summed E-state index contributed by atoms with van der Waals surface area (Å²) in [5.74, 6) is 0.897. The van der Waals surface area contributed by atoms with Crippen LogP contribution in [0.1, 0.15) is 21.6 Å². The first-order chi connectivity index (χ1) is 15.9. The van der Waals surface area contributed by atoms with Crippen molar-refractivity contribution >= 4 is 35.2 Å². The molecule has 33 heavy (non-hydrogen) atoms. The molecule has 166 valence electrons. The summed E-state index contributed by atoms with van der Waals surface area (Å²) in [6.45, 7) is 4.06. The zero-order chi connectivity index (χ0) is 23.4. The minimum atomic E-state index is -0.325.